The van der Waals surface area contributed by atoms with Crippen LogP contribution in [0, 0.1) is 0 Å². The Morgan fingerprint density at radius 2 is 2.10 bits per heavy atom. The largest absolute Gasteiger partial charge is 0.324 e. The number of carbonyl (C=O) groups is 1. The number of fused-ring (bicyclic) bond motifs is 1. The molecule has 20 heavy (non-hydrogen) atoms. The first kappa shape index (κ1) is 13.9. The van der Waals surface area contributed by atoms with Crippen molar-refractivity contribution in [3.63, 3.8) is 0 Å². The molecule has 0 fully saturated rings. The highest BCUT2D eigenvalue weighted by Crippen LogP contribution is 2.40. The lowest BCUT2D eigenvalue weighted by Gasteiger charge is -2.08. The van der Waals surface area contributed by atoms with Gasteiger partial charge in [0.05, 0.1) is 5.02 Å². The maximum atomic E-state index is 11.6. The van der Waals surface area contributed by atoms with Gasteiger partial charge in [0.15, 0.2) is 0 Å². The van der Waals surface area contributed by atoms with Gasteiger partial charge in [-0.2, -0.15) is 0 Å². The molecule has 1 aliphatic rings. The van der Waals surface area contributed by atoms with E-state index in [9.17, 15) is 4.79 Å². The summed E-state index contributed by atoms with van der Waals surface area (Å²) in [5.41, 5.74) is 7.29. The van der Waals surface area contributed by atoms with Gasteiger partial charge in [0.25, 0.3) is 0 Å². The zero-order valence-corrected chi connectivity index (χ0v) is 13.3. The van der Waals surface area contributed by atoms with Gasteiger partial charge in [-0.1, -0.05) is 45.4 Å². The number of rotatable bonds is 2. The molecule has 102 valence electrons. The van der Waals surface area contributed by atoms with Crippen molar-refractivity contribution in [3.05, 3.63) is 51.5 Å². The van der Waals surface area contributed by atoms with E-state index in [-0.39, 0.29) is 5.91 Å². The number of benzene rings is 2. The molecule has 2 aromatic rings. The van der Waals surface area contributed by atoms with Crippen LogP contribution in [0.25, 0.3) is 0 Å². The van der Waals surface area contributed by atoms with Crippen LogP contribution in [0.1, 0.15) is 11.6 Å². The van der Waals surface area contributed by atoms with Crippen molar-refractivity contribution < 1.29 is 4.79 Å². The standard InChI is InChI=1S/C14H10BrClN2OS/c15-7-2-1-3-8(4-7)20-12-6-11-9(5-10(12)16)13(17)14(19)18-11/h1-6,13H,17H2,(H,18,19). The predicted molar refractivity (Wildman–Crippen MR) is 85.3 cm³/mol. The Balaban J connectivity index is 1.96. The molecule has 1 atom stereocenters. The molecular formula is C14H10BrClN2OS. The Kier molecular flexibility index (Phi) is 3.77. The predicted octanol–water partition coefficient (Wildman–Crippen LogP) is 4.21. The molecule has 0 saturated heterocycles. The average molecular weight is 370 g/mol. The molecule has 0 bridgehead atoms. The van der Waals surface area contributed by atoms with Gasteiger partial charge < -0.3 is 11.1 Å². The SMILES string of the molecule is NC1C(=O)Nc2cc(Sc3cccc(Br)c3)c(Cl)cc21. The Labute approximate surface area is 134 Å². The lowest BCUT2D eigenvalue weighted by atomic mass is 10.1. The van der Waals surface area contributed by atoms with Gasteiger partial charge in [-0.25, -0.2) is 0 Å². The maximum Gasteiger partial charge on any atom is 0.245 e. The molecule has 3 N–H and O–H groups in total. The molecule has 0 radical (unpaired) electrons. The van der Waals surface area contributed by atoms with Gasteiger partial charge in [0.2, 0.25) is 5.91 Å². The van der Waals surface area contributed by atoms with E-state index in [1.165, 1.54) is 0 Å². The highest BCUT2D eigenvalue weighted by molar-refractivity contribution is 9.10. The minimum atomic E-state index is -0.632. The monoisotopic (exact) mass is 368 g/mol. The molecule has 1 aliphatic heterocycles. The number of nitrogens with two attached hydrogens (primary N) is 1. The van der Waals surface area contributed by atoms with Crippen LogP contribution in [0.2, 0.25) is 5.02 Å². The Morgan fingerprint density at radius 1 is 1.30 bits per heavy atom. The fourth-order valence-electron chi connectivity index (χ4n) is 2.02. The van der Waals surface area contributed by atoms with Crippen LogP contribution < -0.4 is 11.1 Å². The van der Waals surface area contributed by atoms with Gasteiger partial charge in [0.1, 0.15) is 6.04 Å². The number of hydrogen-bond donors (Lipinski definition) is 2. The van der Waals surface area contributed by atoms with E-state index in [2.05, 4.69) is 21.2 Å². The summed E-state index contributed by atoms with van der Waals surface area (Å²) < 4.78 is 1.01. The molecule has 0 aliphatic carbocycles. The topological polar surface area (TPSA) is 55.1 Å². The second kappa shape index (κ2) is 5.41. The normalized spacial score (nSPS) is 16.9. The molecule has 1 heterocycles. The van der Waals surface area contributed by atoms with Crippen LogP contribution in [0.5, 0.6) is 0 Å². The first-order chi connectivity index (χ1) is 9.54. The van der Waals surface area contributed by atoms with Gasteiger partial charge in [-0.3, -0.25) is 4.79 Å². The second-order valence-corrected chi connectivity index (χ2v) is 6.83. The zero-order chi connectivity index (χ0) is 14.3. The maximum absolute atomic E-state index is 11.6. The summed E-state index contributed by atoms with van der Waals surface area (Å²) in [7, 11) is 0. The Bertz CT molecular complexity index is 708. The highest BCUT2D eigenvalue weighted by atomic mass is 79.9. The first-order valence-electron chi connectivity index (χ1n) is 5.88. The van der Waals surface area contributed by atoms with E-state index < -0.39 is 6.04 Å². The zero-order valence-electron chi connectivity index (χ0n) is 10.2. The third-order valence-corrected chi connectivity index (χ3v) is 4.97. The van der Waals surface area contributed by atoms with Crippen LogP contribution >= 0.6 is 39.3 Å². The van der Waals surface area contributed by atoms with Crippen molar-refractivity contribution in [2.75, 3.05) is 5.32 Å². The van der Waals surface area contributed by atoms with E-state index in [1.54, 1.807) is 17.8 Å². The number of carbonyl (C=O) groups excluding carboxylic acids is 1. The molecule has 0 aromatic heterocycles. The molecular weight excluding hydrogens is 360 g/mol. The van der Waals surface area contributed by atoms with Gasteiger partial charge in [-0.05, 0) is 30.3 Å². The summed E-state index contributed by atoms with van der Waals surface area (Å²) in [6.07, 6.45) is 0. The van der Waals surface area contributed by atoms with Crippen molar-refractivity contribution >= 4 is 50.9 Å². The summed E-state index contributed by atoms with van der Waals surface area (Å²) in [6.45, 7) is 0. The number of nitrogens with one attached hydrogen (secondary N) is 1. The van der Waals surface area contributed by atoms with Crippen LogP contribution in [0.3, 0.4) is 0 Å². The van der Waals surface area contributed by atoms with Crippen LogP contribution in [-0.2, 0) is 4.79 Å². The number of amides is 1. The van der Waals surface area contributed by atoms with Gasteiger partial charge in [-0.15, -0.1) is 0 Å². The van der Waals surface area contributed by atoms with Crippen LogP contribution in [0.15, 0.2) is 50.7 Å². The molecule has 1 amide bonds. The van der Waals surface area contributed by atoms with Crippen LogP contribution in [0.4, 0.5) is 5.69 Å². The number of hydrogen-bond acceptors (Lipinski definition) is 3. The number of anilines is 1. The number of halogens is 2. The molecule has 3 rings (SSSR count). The fourth-order valence-corrected chi connectivity index (χ4v) is 3.78. The van der Waals surface area contributed by atoms with Crippen molar-refractivity contribution in [2.24, 2.45) is 5.73 Å². The van der Waals surface area contributed by atoms with Crippen molar-refractivity contribution in [2.45, 2.75) is 15.8 Å². The van der Waals surface area contributed by atoms with Crippen molar-refractivity contribution in [1.29, 1.82) is 0 Å². The molecule has 3 nitrogen and oxygen atoms in total. The molecule has 0 saturated carbocycles. The molecule has 0 spiro atoms. The van der Waals surface area contributed by atoms with Gasteiger partial charge in [0, 0.05) is 25.5 Å². The molecule has 2 aromatic carbocycles. The quantitative estimate of drug-likeness (QED) is 0.834. The van der Waals surface area contributed by atoms with Crippen molar-refractivity contribution in [3.8, 4) is 0 Å². The van der Waals surface area contributed by atoms with E-state index in [0.717, 1.165) is 25.5 Å². The Morgan fingerprint density at radius 3 is 2.85 bits per heavy atom. The minimum absolute atomic E-state index is 0.194. The van der Waals surface area contributed by atoms with Crippen LogP contribution in [-0.4, -0.2) is 5.91 Å². The Hall–Kier alpha value is -1.01. The molecule has 1 unspecified atom stereocenters. The van der Waals surface area contributed by atoms with E-state index in [4.69, 9.17) is 17.3 Å². The minimum Gasteiger partial charge on any atom is -0.324 e. The summed E-state index contributed by atoms with van der Waals surface area (Å²) >= 11 is 11.3. The summed E-state index contributed by atoms with van der Waals surface area (Å²) in [5, 5.41) is 3.36. The highest BCUT2D eigenvalue weighted by Gasteiger charge is 2.28. The summed E-state index contributed by atoms with van der Waals surface area (Å²) in [5.74, 6) is -0.194. The van der Waals surface area contributed by atoms with E-state index >= 15 is 0 Å². The third kappa shape index (κ3) is 2.59. The summed E-state index contributed by atoms with van der Waals surface area (Å²) in [6, 6.07) is 10.9. The second-order valence-electron chi connectivity index (χ2n) is 4.40. The van der Waals surface area contributed by atoms with Crippen molar-refractivity contribution in [1.82, 2.24) is 0 Å². The average Bonchev–Trinajstić information content (AvgIpc) is 2.66. The summed E-state index contributed by atoms with van der Waals surface area (Å²) in [4.78, 5) is 13.5. The fraction of sp³-hybridized carbons (Fsp3) is 0.0714. The van der Waals surface area contributed by atoms with E-state index in [1.807, 2.05) is 30.3 Å². The first-order valence-corrected chi connectivity index (χ1v) is 7.86. The smallest absolute Gasteiger partial charge is 0.245 e. The lowest BCUT2D eigenvalue weighted by molar-refractivity contribution is -0.116. The molecule has 6 heteroatoms. The third-order valence-electron chi connectivity index (χ3n) is 3.00. The lowest BCUT2D eigenvalue weighted by Crippen LogP contribution is -2.19. The van der Waals surface area contributed by atoms with E-state index in [0.29, 0.717) is 5.02 Å². The van der Waals surface area contributed by atoms with Gasteiger partial charge >= 0.3 is 0 Å².